The third-order valence-electron chi connectivity index (χ3n) is 4.16. The van der Waals surface area contributed by atoms with E-state index in [1.807, 2.05) is 0 Å². The third-order valence-corrected chi connectivity index (χ3v) is 4.16. The molecule has 0 radical (unpaired) electrons. The summed E-state index contributed by atoms with van der Waals surface area (Å²) in [5.74, 6) is 0.677. The second-order valence-electron chi connectivity index (χ2n) is 6.26. The van der Waals surface area contributed by atoms with Crippen LogP contribution >= 0.6 is 0 Å². The maximum Gasteiger partial charge on any atom is 0.0779 e. The van der Waals surface area contributed by atoms with Gasteiger partial charge in [-0.3, -0.25) is 0 Å². The van der Waals surface area contributed by atoms with Gasteiger partial charge in [-0.05, 0) is 24.2 Å². The summed E-state index contributed by atoms with van der Waals surface area (Å²) in [7, 11) is 0. The molecule has 1 aliphatic carbocycles. The molecule has 15 heavy (non-hydrogen) atoms. The second kappa shape index (κ2) is 4.06. The molecule has 1 aliphatic heterocycles. The molecule has 0 aromatic rings. The zero-order valence-electron chi connectivity index (χ0n) is 10.5. The van der Waals surface area contributed by atoms with Crippen LogP contribution in [0.2, 0.25) is 0 Å². The number of ether oxygens (including phenoxy) is 1. The molecule has 0 aromatic carbocycles. The molecule has 2 nitrogen and oxygen atoms in total. The van der Waals surface area contributed by atoms with Crippen molar-refractivity contribution in [2.24, 2.45) is 11.3 Å². The van der Waals surface area contributed by atoms with E-state index < -0.39 is 0 Å². The summed E-state index contributed by atoms with van der Waals surface area (Å²) in [6, 6.07) is 1.15. The van der Waals surface area contributed by atoms with Crippen molar-refractivity contribution < 1.29 is 4.74 Å². The van der Waals surface area contributed by atoms with E-state index in [4.69, 9.17) is 4.74 Å². The Kier molecular flexibility index (Phi) is 3.09. The summed E-state index contributed by atoms with van der Waals surface area (Å²) in [5, 5.41) is 3.79. The van der Waals surface area contributed by atoms with Crippen LogP contribution in [-0.2, 0) is 4.74 Å². The highest BCUT2D eigenvalue weighted by atomic mass is 16.5. The Morgan fingerprint density at radius 2 is 2.07 bits per heavy atom. The van der Waals surface area contributed by atoms with Crippen LogP contribution in [0.4, 0.5) is 0 Å². The van der Waals surface area contributed by atoms with Crippen LogP contribution in [0.1, 0.15) is 47.0 Å². The van der Waals surface area contributed by atoms with Crippen LogP contribution in [0, 0.1) is 11.3 Å². The van der Waals surface area contributed by atoms with Gasteiger partial charge in [0.05, 0.1) is 12.7 Å². The molecule has 1 heterocycles. The van der Waals surface area contributed by atoms with Crippen molar-refractivity contribution in [3.63, 3.8) is 0 Å². The zero-order chi connectivity index (χ0) is 11.1. The molecule has 1 saturated heterocycles. The van der Waals surface area contributed by atoms with Crippen molar-refractivity contribution in [2.45, 2.75) is 65.1 Å². The maximum atomic E-state index is 6.11. The average Bonchev–Trinajstić information content (AvgIpc) is 2.16. The Morgan fingerprint density at radius 1 is 1.33 bits per heavy atom. The minimum atomic E-state index is 0.359. The fraction of sp³-hybridized carbons (Fsp3) is 1.00. The fourth-order valence-corrected chi connectivity index (χ4v) is 3.04. The van der Waals surface area contributed by atoms with E-state index >= 15 is 0 Å². The van der Waals surface area contributed by atoms with E-state index in [-0.39, 0.29) is 0 Å². The molecule has 1 N–H and O–H groups in total. The maximum absolute atomic E-state index is 6.11. The number of fused-ring (bicyclic) bond motifs is 1. The van der Waals surface area contributed by atoms with Crippen LogP contribution in [0.25, 0.3) is 0 Å². The molecule has 0 spiro atoms. The highest BCUT2D eigenvalue weighted by Crippen LogP contribution is 2.39. The minimum absolute atomic E-state index is 0.359. The van der Waals surface area contributed by atoms with E-state index in [1.54, 1.807) is 0 Å². The van der Waals surface area contributed by atoms with Gasteiger partial charge in [-0.15, -0.1) is 0 Å². The van der Waals surface area contributed by atoms with Gasteiger partial charge in [-0.2, -0.15) is 0 Å². The molecule has 0 aromatic heterocycles. The van der Waals surface area contributed by atoms with Crippen molar-refractivity contribution in [3.05, 3.63) is 0 Å². The van der Waals surface area contributed by atoms with Gasteiger partial charge >= 0.3 is 0 Å². The van der Waals surface area contributed by atoms with E-state index in [1.165, 1.54) is 19.3 Å². The van der Waals surface area contributed by atoms with Crippen molar-refractivity contribution in [1.82, 2.24) is 5.32 Å². The van der Waals surface area contributed by atoms with Gasteiger partial charge in [0.25, 0.3) is 0 Å². The molecular weight excluding hydrogens is 186 g/mol. The molecular formula is C13H25NO. The lowest BCUT2D eigenvalue weighted by Gasteiger charge is -2.49. The summed E-state index contributed by atoms with van der Waals surface area (Å²) in [6.07, 6.45) is 4.37. The lowest BCUT2D eigenvalue weighted by atomic mass is 9.71. The smallest absolute Gasteiger partial charge is 0.0779 e. The van der Waals surface area contributed by atoms with Gasteiger partial charge in [0.2, 0.25) is 0 Å². The monoisotopic (exact) mass is 211 g/mol. The summed E-state index contributed by atoms with van der Waals surface area (Å²) < 4.78 is 6.11. The molecule has 3 unspecified atom stereocenters. The van der Waals surface area contributed by atoms with Gasteiger partial charge in [-0.1, -0.05) is 34.1 Å². The Balaban J connectivity index is 2.03. The lowest BCUT2D eigenvalue weighted by Crippen LogP contribution is -2.61. The predicted octanol–water partition coefficient (Wildman–Crippen LogP) is 2.58. The summed E-state index contributed by atoms with van der Waals surface area (Å²) in [4.78, 5) is 0. The van der Waals surface area contributed by atoms with Crippen LogP contribution in [0.3, 0.4) is 0 Å². The van der Waals surface area contributed by atoms with Gasteiger partial charge in [0.15, 0.2) is 0 Å². The molecule has 2 heteroatoms. The van der Waals surface area contributed by atoms with Gasteiger partial charge in [0.1, 0.15) is 0 Å². The number of morpholine rings is 1. The number of hydrogen-bond donors (Lipinski definition) is 1. The van der Waals surface area contributed by atoms with Crippen LogP contribution in [-0.4, -0.2) is 24.8 Å². The van der Waals surface area contributed by atoms with E-state index in [9.17, 15) is 0 Å². The van der Waals surface area contributed by atoms with Crippen molar-refractivity contribution in [2.75, 3.05) is 6.61 Å². The fourth-order valence-electron chi connectivity index (χ4n) is 3.04. The predicted molar refractivity (Wildman–Crippen MR) is 62.9 cm³/mol. The van der Waals surface area contributed by atoms with E-state index in [2.05, 4.69) is 33.0 Å². The minimum Gasteiger partial charge on any atom is -0.374 e. The molecule has 1 saturated carbocycles. The first-order valence-corrected chi connectivity index (χ1v) is 6.38. The first-order chi connectivity index (χ1) is 7.00. The highest BCUT2D eigenvalue weighted by molar-refractivity contribution is 4.97. The topological polar surface area (TPSA) is 21.3 Å². The number of nitrogens with one attached hydrogen (secondary N) is 1. The van der Waals surface area contributed by atoms with Crippen molar-refractivity contribution in [1.29, 1.82) is 0 Å². The lowest BCUT2D eigenvalue weighted by molar-refractivity contribution is -0.113. The largest absolute Gasteiger partial charge is 0.374 e. The molecule has 88 valence electrons. The first-order valence-electron chi connectivity index (χ1n) is 6.38. The second-order valence-corrected chi connectivity index (χ2v) is 6.26. The summed E-state index contributed by atoms with van der Waals surface area (Å²) in [5.41, 5.74) is 0.359. The van der Waals surface area contributed by atoms with Crippen LogP contribution in [0.15, 0.2) is 0 Å². The Morgan fingerprint density at radius 3 is 2.73 bits per heavy atom. The summed E-state index contributed by atoms with van der Waals surface area (Å²) >= 11 is 0. The number of hydrogen-bond acceptors (Lipinski definition) is 2. The standard InChI is InChI=1S/C13H25NO/c1-9(2)11-8-15-12-10(14-11)6-5-7-13(12,3)4/h9-12,14H,5-8H2,1-4H3. The summed E-state index contributed by atoms with van der Waals surface area (Å²) in [6.45, 7) is 10.1. The Bertz CT molecular complexity index is 225. The van der Waals surface area contributed by atoms with Gasteiger partial charge in [-0.25, -0.2) is 0 Å². The molecule has 0 amide bonds. The van der Waals surface area contributed by atoms with Crippen molar-refractivity contribution in [3.8, 4) is 0 Å². The Hall–Kier alpha value is -0.0800. The SMILES string of the molecule is CC(C)C1COC2C(CCCC2(C)C)N1. The average molecular weight is 211 g/mol. The third kappa shape index (κ3) is 2.21. The molecule has 3 atom stereocenters. The molecule has 0 bridgehead atoms. The van der Waals surface area contributed by atoms with Crippen LogP contribution < -0.4 is 5.32 Å². The van der Waals surface area contributed by atoms with E-state index in [0.717, 1.165) is 6.61 Å². The van der Waals surface area contributed by atoms with Gasteiger partial charge < -0.3 is 10.1 Å². The number of rotatable bonds is 1. The highest BCUT2D eigenvalue weighted by Gasteiger charge is 2.43. The molecule has 2 rings (SSSR count). The van der Waals surface area contributed by atoms with Gasteiger partial charge in [0, 0.05) is 12.1 Å². The molecule has 2 aliphatic rings. The normalized spacial score (nSPS) is 40.2. The molecule has 2 fully saturated rings. The quantitative estimate of drug-likeness (QED) is 0.720. The van der Waals surface area contributed by atoms with Crippen LogP contribution in [0.5, 0.6) is 0 Å². The first kappa shape index (κ1) is 11.4. The zero-order valence-corrected chi connectivity index (χ0v) is 10.5. The Labute approximate surface area is 93.8 Å². The van der Waals surface area contributed by atoms with Crippen molar-refractivity contribution >= 4 is 0 Å². The van der Waals surface area contributed by atoms with E-state index in [0.29, 0.717) is 29.5 Å².